The summed E-state index contributed by atoms with van der Waals surface area (Å²) in [4.78, 5) is 22.1. The van der Waals surface area contributed by atoms with E-state index in [0.717, 1.165) is 0 Å². The fourth-order valence-electron chi connectivity index (χ4n) is 2.37. The maximum Gasteiger partial charge on any atom is 0.322 e. The van der Waals surface area contributed by atoms with Crippen molar-refractivity contribution in [2.75, 3.05) is 17.2 Å². The Balaban J connectivity index is 2.02. The number of halogens is 1. The average molecular weight is 410 g/mol. The molecule has 12 heteroatoms. The van der Waals surface area contributed by atoms with Crippen LogP contribution in [0.3, 0.4) is 0 Å². The number of carbonyl (C=O) groups is 1. The molecular formula is C15H12ClN5O5S. The Morgan fingerprint density at radius 2 is 1.70 bits per heavy atom. The summed E-state index contributed by atoms with van der Waals surface area (Å²) >= 11 is 5.83. The molecule has 140 valence electrons. The lowest BCUT2D eigenvalue weighted by Gasteiger charge is -2.11. The van der Waals surface area contributed by atoms with Crippen molar-refractivity contribution in [1.29, 1.82) is 0 Å². The normalized spacial score (nSPS) is 11.3. The van der Waals surface area contributed by atoms with Crippen molar-refractivity contribution in [3.63, 3.8) is 0 Å². The number of nitrogens with one attached hydrogen (secondary N) is 2. The van der Waals surface area contributed by atoms with E-state index in [9.17, 15) is 17.8 Å². The molecule has 0 aliphatic carbocycles. The zero-order chi connectivity index (χ0) is 19.6. The molecule has 0 spiro atoms. The topological polar surface area (TPSA) is 154 Å². The number of rotatable bonds is 6. The number of anilines is 3. The van der Waals surface area contributed by atoms with E-state index in [1.54, 1.807) is 24.3 Å². The van der Waals surface area contributed by atoms with E-state index in [-0.39, 0.29) is 22.1 Å². The zero-order valence-electron chi connectivity index (χ0n) is 13.4. The summed E-state index contributed by atoms with van der Waals surface area (Å²) in [6.07, 6.45) is 0. The summed E-state index contributed by atoms with van der Waals surface area (Å²) < 4.78 is 32.5. The van der Waals surface area contributed by atoms with Crippen molar-refractivity contribution in [1.82, 2.24) is 15.0 Å². The maximum atomic E-state index is 11.6. The predicted molar refractivity (Wildman–Crippen MR) is 98.0 cm³/mol. The van der Waals surface area contributed by atoms with Crippen LogP contribution in [0.2, 0.25) is 5.28 Å². The third-order valence-corrected chi connectivity index (χ3v) is 4.50. The van der Waals surface area contributed by atoms with Gasteiger partial charge in [-0.25, -0.2) is 0 Å². The molecular weight excluding hydrogens is 398 g/mol. The molecule has 4 N–H and O–H groups in total. The summed E-state index contributed by atoms with van der Waals surface area (Å²) in [7, 11) is -4.40. The number of nitrogens with zero attached hydrogens (tertiary/aromatic N) is 3. The van der Waals surface area contributed by atoms with E-state index in [2.05, 4.69) is 25.6 Å². The van der Waals surface area contributed by atoms with Gasteiger partial charge in [0.1, 0.15) is 11.4 Å². The lowest BCUT2D eigenvalue weighted by atomic mass is 10.1. The van der Waals surface area contributed by atoms with Crippen LogP contribution in [-0.4, -0.2) is 45.5 Å². The highest BCUT2D eigenvalue weighted by Gasteiger charge is 2.16. The van der Waals surface area contributed by atoms with E-state index >= 15 is 0 Å². The predicted octanol–water partition coefficient (Wildman–Crippen LogP) is 2.17. The van der Waals surface area contributed by atoms with E-state index in [1.807, 2.05) is 0 Å². The number of hydrogen-bond donors (Lipinski definition) is 4. The van der Waals surface area contributed by atoms with Gasteiger partial charge in [0.25, 0.3) is 10.1 Å². The van der Waals surface area contributed by atoms with Gasteiger partial charge < -0.3 is 15.7 Å². The Hall–Kier alpha value is -3.02. The Morgan fingerprint density at radius 3 is 2.37 bits per heavy atom. The fraction of sp³-hybridized carbons (Fsp3) is 0.0667. The van der Waals surface area contributed by atoms with Crippen LogP contribution in [0.1, 0.15) is 0 Å². The largest absolute Gasteiger partial charge is 0.480 e. The first kappa shape index (κ1) is 18.8. The first-order chi connectivity index (χ1) is 12.7. The summed E-state index contributed by atoms with van der Waals surface area (Å²) in [5.74, 6) is -1.13. The second-order valence-corrected chi connectivity index (χ2v) is 6.98. The zero-order valence-corrected chi connectivity index (χ0v) is 15.0. The van der Waals surface area contributed by atoms with Crippen molar-refractivity contribution >= 4 is 56.0 Å². The van der Waals surface area contributed by atoms with Crippen LogP contribution in [0.5, 0.6) is 0 Å². The number of aliphatic carboxylic acids is 1. The molecule has 1 heterocycles. The molecule has 0 atom stereocenters. The maximum absolute atomic E-state index is 11.6. The molecule has 0 radical (unpaired) electrons. The highest BCUT2D eigenvalue weighted by molar-refractivity contribution is 7.86. The van der Waals surface area contributed by atoms with Crippen LogP contribution >= 0.6 is 11.6 Å². The number of carboxylic acids is 1. The van der Waals surface area contributed by atoms with E-state index < -0.39 is 22.6 Å². The molecule has 0 saturated carbocycles. The number of carboxylic acid groups (broad SMARTS) is 1. The third kappa shape index (κ3) is 4.39. The van der Waals surface area contributed by atoms with Crippen molar-refractivity contribution in [3.8, 4) is 0 Å². The second kappa shape index (κ2) is 7.31. The molecule has 3 rings (SSSR count). The van der Waals surface area contributed by atoms with Gasteiger partial charge in [0.15, 0.2) is 0 Å². The van der Waals surface area contributed by atoms with Gasteiger partial charge in [0, 0.05) is 16.5 Å². The van der Waals surface area contributed by atoms with Crippen molar-refractivity contribution in [2.24, 2.45) is 0 Å². The van der Waals surface area contributed by atoms with E-state index in [0.29, 0.717) is 16.5 Å². The van der Waals surface area contributed by atoms with Crippen molar-refractivity contribution in [2.45, 2.75) is 4.90 Å². The number of aromatic nitrogens is 3. The van der Waals surface area contributed by atoms with Crippen molar-refractivity contribution < 1.29 is 22.9 Å². The van der Waals surface area contributed by atoms with Crippen LogP contribution in [0, 0.1) is 0 Å². The van der Waals surface area contributed by atoms with Gasteiger partial charge in [0.2, 0.25) is 17.2 Å². The molecule has 0 amide bonds. The van der Waals surface area contributed by atoms with E-state index in [1.165, 1.54) is 12.1 Å². The number of hydrogen-bond acceptors (Lipinski definition) is 8. The van der Waals surface area contributed by atoms with Gasteiger partial charge in [-0.1, -0.05) is 24.3 Å². The summed E-state index contributed by atoms with van der Waals surface area (Å²) in [5, 5.41) is 14.7. The first-order valence-electron chi connectivity index (χ1n) is 7.37. The van der Waals surface area contributed by atoms with Crippen LogP contribution < -0.4 is 10.6 Å². The highest BCUT2D eigenvalue weighted by atomic mass is 35.5. The first-order valence-corrected chi connectivity index (χ1v) is 9.19. The highest BCUT2D eigenvalue weighted by Crippen LogP contribution is 2.30. The molecule has 1 aromatic heterocycles. The Morgan fingerprint density at radius 1 is 1.04 bits per heavy atom. The molecule has 0 bridgehead atoms. The smallest absolute Gasteiger partial charge is 0.322 e. The molecule has 0 aliphatic heterocycles. The van der Waals surface area contributed by atoms with Gasteiger partial charge in [-0.15, -0.1) is 0 Å². The van der Waals surface area contributed by atoms with Crippen LogP contribution in [0.15, 0.2) is 41.3 Å². The molecule has 3 aromatic rings. The van der Waals surface area contributed by atoms with Gasteiger partial charge in [-0.05, 0) is 23.7 Å². The second-order valence-electron chi connectivity index (χ2n) is 5.26. The Bertz CT molecular complexity index is 1140. The third-order valence-electron chi connectivity index (χ3n) is 3.41. The van der Waals surface area contributed by atoms with E-state index in [4.69, 9.17) is 16.7 Å². The Labute approximate surface area is 158 Å². The molecule has 0 fully saturated rings. The lowest BCUT2D eigenvalue weighted by molar-refractivity contribution is -0.134. The number of fused-ring (bicyclic) bond motifs is 1. The monoisotopic (exact) mass is 409 g/mol. The van der Waals surface area contributed by atoms with Gasteiger partial charge >= 0.3 is 5.97 Å². The minimum absolute atomic E-state index is 0.0210. The molecule has 2 aromatic carbocycles. The SMILES string of the molecule is O=C(O)CNc1nc(Cl)nc(Nc2ccc(S(=O)(=O)O)c3ccccc23)n1. The van der Waals surface area contributed by atoms with Crippen LogP contribution in [0.4, 0.5) is 17.6 Å². The summed E-state index contributed by atoms with van der Waals surface area (Å²) in [6, 6.07) is 9.21. The van der Waals surface area contributed by atoms with Gasteiger partial charge in [-0.2, -0.15) is 23.4 Å². The lowest BCUT2D eigenvalue weighted by Crippen LogP contribution is -2.15. The standard InChI is InChI=1S/C15H12ClN5O5S/c16-13-19-14(17-7-12(22)23)21-15(20-13)18-10-5-6-11(27(24,25)26)9-4-2-1-3-8(9)10/h1-6H,7H2,(H,22,23)(H,24,25,26)(H2,17,18,19,20,21). The summed E-state index contributed by atoms with van der Waals surface area (Å²) in [5.41, 5.74) is 0.449. The minimum atomic E-state index is -4.40. The minimum Gasteiger partial charge on any atom is -0.480 e. The van der Waals surface area contributed by atoms with Gasteiger partial charge in [-0.3, -0.25) is 9.35 Å². The number of benzene rings is 2. The fourth-order valence-corrected chi connectivity index (χ4v) is 3.22. The van der Waals surface area contributed by atoms with Gasteiger partial charge in [0.05, 0.1) is 0 Å². The Kier molecular flexibility index (Phi) is 5.08. The van der Waals surface area contributed by atoms with Crippen molar-refractivity contribution in [3.05, 3.63) is 41.7 Å². The quantitative estimate of drug-likeness (QED) is 0.445. The molecule has 10 nitrogen and oxygen atoms in total. The van der Waals surface area contributed by atoms with Crippen LogP contribution in [0.25, 0.3) is 10.8 Å². The molecule has 0 unspecified atom stereocenters. The summed E-state index contributed by atoms with van der Waals surface area (Å²) in [6.45, 7) is -0.411. The molecule has 0 saturated heterocycles. The molecule has 27 heavy (non-hydrogen) atoms. The molecule has 0 aliphatic rings. The average Bonchev–Trinajstić information content (AvgIpc) is 2.59. The van der Waals surface area contributed by atoms with Crippen LogP contribution in [-0.2, 0) is 14.9 Å².